The molecule has 0 aliphatic rings. The van der Waals surface area contributed by atoms with Gasteiger partial charge in [0.1, 0.15) is 17.2 Å². The van der Waals surface area contributed by atoms with Crippen molar-refractivity contribution in [3.05, 3.63) is 59.9 Å². The van der Waals surface area contributed by atoms with E-state index in [0.29, 0.717) is 16.9 Å². The van der Waals surface area contributed by atoms with Crippen molar-refractivity contribution in [1.29, 1.82) is 0 Å². The monoisotopic (exact) mass is 323 g/mol. The summed E-state index contributed by atoms with van der Waals surface area (Å²) in [5, 5.41) is 0. The third kappa shape index (κ3) is 2.40. The van der Waals surface area contributed by atoms with Crippen LogP contribution in [-0.2, 0) is 6.54 Å². The highest BCUT2D eigenvalue weighted by molar-refractivity contribution is 6.04. The van der Waals surface area contributed by atoms with Crippen molar-refractivity contribution in [2.45, 2.75) is 6.54 Å². The van der Waals surface area contributed by atoms with Gasteiger partial charge in [-0.3, -0.25) is 4.79 Å². The molecule has 4 rings (SSSR count). The van der Waals surface area contributed by atoms with Crippen molar-refractivity contribution in [3.8, 4) is 0 Å². The number of carbonyl (C=O) groups is 1. The van der Waals surface area contributed by atoms with Crippen molar-refractivity contribution >= 4 is 28.0 Å². The lowest BCUT2D eigenvalue weighted by Gasteiger charge is -2.16. The van der Waals surface area contributed by atoms with Crippen LogP contribution in [0, 0.1) is 5.82 Å². The third-order valence-corrected chi connectivity index (χ3v) is 3.89. The van der Waals surface area contributed by atoms with Gasteiger partial charge in [0.05, 0.1) is 35.0 Å². The van der Waals surface area contributed by atoms with Crippen molar-refractivity contribution < 1.29 is 9.18 Å². The molecule has 0 unspecified atom stereocenters. The van der Waals surface area contributed by atoms with E-state index in [9.17, 15) is 9.18 Å². The van der Waals surface area contributed by atoms with Crippen LogP contribution in [0.4, 0.5) is 4.39 Å². The number of rotatable bonds is 3. The maximum absolute atomic E-state index is 13.7. The highest BCUT2D eigenvalue weighted by Crippen LogP contribution is 2.19. The molecule has 7 heteroatoms. The first kappa shape index (κ1) is 14.4. The molecule has 0 radical (unpaired) electrons. The van der Waals surface area contributed by atoms with Crippen LogP contribution in [0.1, 0.15) is 16.2 Å². The van der Waals surface area contributed by atoms with Crippen molar-refractivity contribution in [1.82, 2.24) is 24.8 Å². The molecule has 0 aliphatic carbocycles. The zero-order valence-electron chi connectivity index (χ0n) is 12.9. The van der Waals surface area contributed by atoms with Gasteiger partial charge in [-0.25, -0.2) is 14.4 Å². The Kier molecular flexibility index (Phi) is 3.26. The average Bonchev–Trinajstić information content (AvgIpc) is 3.18. The molecule has 1 amide bonds. The van der Waals surface area contributed by atoms with Crippen LogP contribution in [0.5, 0.6) is 0 Å². The molecule has 24 heavy (non-hydrogen) atoms. The van der Waals surface area contributed by atoms with E-state index in [-0.39, 0.29) is 18.0 Å². The van der Waals surface area contributed by atoms with E-state index in [4.69, 9.17) is 0 Å². The van der Waals surface area contributed by atoms with Crippen LogP contribution in [0.3, 0.4) is 0 Å². The molecule has 2 N–H and O–H groups in total. The summed E-state index contributed by atoms with van der Waals surface area (Å²) in [5.74, 6) is -0.124. The molecule has 0 fully saturated rings. The minimum Gasteiger partial charge on any atom is -0.344 e. The van der Waals surface area contributed by atoms with Crippen LogP contribution < -0.4 is 0 Å². The number of carbonyl (C=O) groups excluding carboxylic acids is 1. The predicted molar refractivity (Wildman–Crippen MR) is 87.9 cm³/mol. The number of H-pyrrole nitrogens is 2. The second kappa shape index (κ2) is 5.45. The summed E-state index contributed by atoms with van der Waals surface area (Å²) in [6, 6.07) is 10.2. The number of para-hydroxylation sites is 2. The van der Waals surface area contributed by atoms with Gasteiger partial charge in [-0.15, -0.1) is 0 Å². The first-order valence-electron chi connectivity index (χ1n) is 7.43. The van der Waals surface area contributed by atoms with E-state index in [0.717, 1.165) is 11.0 Å². The maximum atomic E-state index is 13.7. The fourth-order valence-corrected chi connectivity index (χ4v) is 2.76. The second-order valence-corrected chi connectivity index (χ2v) is 5.61. The number of halogens is 1. The summed E-state index contributed by atoms with van der Waals surface area (Å²) in [6.07, 6.45) is 1.44. The molecular weight excluding hydrogens is 309 g/mol. The Hall–Kier alpha value is -3.22. The number of benzene rings is 2. The standard InChI is InChI=1S/C17H14FN5O/c1-23(8-15-21-12-4-2-3-5-13(12)22-15)17(24)11-6-10(18)7-14-16(11)20-9-19-14/h2-7,9H,8H2,1H3,(H,19,20)(H,21,22). The number of nitrogens with one attached hydrogen (secondary N) is 2. The highest BCUT2D eigenvalue weighted by atomic mass is 19.1. The lowest BCUT2D eigenvalue weighted by Crippen LogP contribution is -2.27. The first-order valence-corrected chi connectivity index (χ1v) is 7.43. The molecule has 0 bridgehead atoms. The minimum absolute atomic E-state index is 0.227. The normalized spacial score (nSPS) is 11.2. The van der Waals surface area contributed by atoms with Gasteiger partial charge in [-0.1, -0.05) is 12.1 Å². The third-order valence-electron chi connectivity index (χ3n) is 3.89. The number of aromatic amines is 2. The fraction of sp³-hybridized carbons (Fsp3) is 0.118. The van der Waals surface area contributed by atoms with E-state index in [1.807, 2.05) is 24.3 Å². The Morgan fingerprint density at radius 3 is 2.92 bits per heavy atom. The summed E-state index contributed by atoms with van der Waals surface area (Å²) >= 11 is 0. The van der Waals surface area contributed by atoms with Gasteiger partial charge < -0.3 is 14.9 Å². The summed E-state index contributed by atoms with van der Waals surface area (Å²) in [4.78, 5) is 28.7. The zero-order valence-corrected chi connectivity index (χ0v) is 12.9. The Labute approximate surface area is 136 Å². The van der Waals surface area contributed by atoms with Crippen LogP contribution in [0.15, 0.2) is 42.7 Å². The van der Waals surface area contributed by atoms with E-state index in [2.05, 4.69) is 19.9 Å². The first-order chi connectivity index (χ1) is 11.6. The molecule has 0 saturated heterocycles. The molecule has 4 aromatic rings. The fourth-order valence-electron chi connectivity index (χ4n) is 2.76. The van der Waals surface area contributed by atoms with E-state index in [1.165, 1.54) is 23.4 Å². The summed E-state index contributed by atoms with van der Waals surface area (Å²) in [5.41, 5.74) is 2.93. The van der Waals surface area contributed by atoms with Crippen molar-refractivity contribution in [2.24, 2.45) is 0 Å². The Morgan fingerprint density at radius 1 is 1.25 bits per heavy atom. The Morgan fingerprint density at radius 2 is 2.08 bits per heavy atom. The number of imidazole rings is 2. The zero-order chi connectivity index (χ0) is 16.7. The van der Waals surface area contributed by atoms with E-state index < -0.39 is 5.82 Å². The smallest absolute Gasteiger partial charge is 0.256 e. The molecule has 2 aromatic heterocycles. The van der Waals surface area contributed by atoms with Gasteiger partial charge in [-0.05, 0) is 24.3 Å². The molecule has 2 aromatic carbocycles. The molecule has 0 atom stereocenters. The van der Waals surface area contributed by atoms with Gasteiger partial charge in [-0.2, -0.15) is 0 Å². The number of amides is 1. The molecule has 0 aliphatic heterocycles. The number of aromatic nitrogens is 4. The lowest BCUT2D eigenvalue weighted by atomic mass is 10.1. The summed E-state index contributed by atoms with van der Waals surface area (Å²) in [7, 11) is 1.65. The quantitative estimate of drug-likeness (QED) is 0.608. The van der Waals surface area contributed by atoms with Crippen LogP contribution in [0.2, 0.25) is 0 Å². The SMILES string of the molecule is CN(Cc1nc2ccccc2[nH]1)C(=O)c1cc(F)cc2[nH]cnc12. The number of fused-ring (bicyclic) bond motifs is 2. The van der Waals surface area contributed by atoms with Crippen LogP contribution in [-0.4, -0.2) is 37.8 Å². The van der Waals surface area contributed by atoms with Gasteiger partial charge >= 0.3 is 0 Å². The molecular formula is C17H14FN5O. The predicted octanol–water partition coefficient (Wildman–Crippen LogP) is 2.85. The van der Waals surface area contributed by atoms with Crippen LogP contribution in [0.25, 0.3) is 22.1 Å². The van der Waals surface area contributed by atoms with Gasteiger partial charge in [0.2, 0.25) is 0 Å². The highest BCUT2D eigenvalue weighted by Gasteiger charge is 2.19. The number of nitrogens with zero attached hydrogens (tertiary/aromatic N) is 3. The average molecular weight is 323 g/mol. The second-order valence-electron chi connectivity index (χ2n) is 5.61. The summed E-state index contributed by atoms with van der Waals surface area (Å²) in [6.45, 7) is 0.288. The molecule has 0 saturated carbocycles. The van der Waals surface area contributed by atoms with E-state index >= 15 is 0 Å². The van der Waals surface area contributed by atoms with E-state index in [1.54, 1.807) is 7.05 Å². The maximum Gasteiger partial charge on any atom is 0.256 e. The number of hydrogen-bond donors (Lipinski definition) is 2. The summed E-state index contributed by atoms with van der Waals surface area (Å²) < 4.78 is 13.7. The van der Waals surface area contributed by atoms with Crippen LogP contribution >= 0.6 is 0 Å². The number of hydrogen-bond acceptors (Lipinski definition) is 3. The minimum atomic E-state index is -0.479. The Bertz CT molecular complexity index is 1020. The van der Waals surface area contributed by atoms with Gasteiger partial charge in [0.25, 0.3) is 5.91 Å². The molecule has 120 valence electrons. The largest absolute Gasteiger partial charge is 0.344 e. The Balaban J connectivity index is 1.64. The van der Waals surface area contributed by atoms with Crippen molar-refractivity contribution in [3.63, 3.8) is 0 Å². The molecule has 2 heterocycles. The molecule has 0 spiro atoms. The lowest BCUT2D eigenvalue weighted by molar-refractivity contribution is 0.0783. The topological polar surface area (TPSA) is 77.7 Å². The van der Waals surface area contributed by atoms with Gasteiger partial charge in [0, 0.05) is 7.05 Å². The van der Waals surface area contributed by atoms with Crippen molar-refractivity contribution in [2.75, 3.05) is 7.05 Å². The van der Waals surface area contributed by atoms with Gasteiger partial charge in [0.15, 0.2) is 0 Å². The molecule has 6 nitrogen and oxygen atoms in total.